The number of nitrogens with one attached hydrogen (secondary N) is 2. The number of benzene rings is 2. The van der Waals surface area contributed by atoms with Gasteiger partial charge in [0.15, 0.2) is 0 Å². The Labute approximate surface area is 131 Å². The van der Waals surface area contributed by atoms with E-state index in [0.29, 0.717) is 11.3 Å². The minimum atomic E-state index is -3.76. The second kappa shape index (κ2) is 6.91. The van der Waals surface area contributed by atoms with Crippen molar-refractivity contribution in [2.75, 3.05) is 18.3 Å². The number of aliphatic hydroxyl groups is 1. The molecule has 0 heterocycles. The first kappa shape index (κ1) is 16.5. The van der Waals surface area contributed by atoms with Crippen LogP contribution in [0, 0.1) is 6.92 Å². The molecule has 1 atom stereocenters. The molecule has 0 radical (unpaired) electrons. The fourth-order valence-electron chi connectivity index (χ4n) is 2.19. The van der Waals surface area contributed by atoms with Crippen LogP contribution in [0.25, 0.3) is 0 Å². The Kier molecular flexibility index (Phi) is 5.18. The van der Waals surface area contributed by atoms with E-state index >= 15 is 0 Å². The maximum atomic E-state index is 12.6. The van der Waals surface area contributed by atoms with Crippen molar-refractivity contribution in [1.29, 1.82) is 0 Å². The number of hydrogen-bond acceptors (Lipinski definition) is 4. The normalized spacial score (nSPS) is 12.9. The van der Waals surface area contributed by atoms with Crippen molar-refractivity contribution < 1.29 is 13.5 Å². The molecule has 1 unspecified atom stereocenters. The zero-order valence-corrected chi connectivity index (χ0v) is 13.4. The average molecular weight is 320 g/mol. The van der Waals surface area contributed by atoms with Gasteiger partial charge in [-0.3, -0.25) is 4.72 Å². The number of para-hydroxylation sites is 1. The van der Waals surface area contributed by atoms with Gasteiger partial charge in [-0.25, -0.2) is 8.42 Å². The van der Waals surface area contributed by atoms with Gasteiger partial charge in [-0.2, -0.15) is 0 Å². The van der Waals surface area contributed by atoms with E-state index in [2.05, 4.69) is 10.0 Å². The fourth-order valence-corrected chi connectivity index (χ4v) is 3.50. The molecule has 0 fully saturated rings. The Morgan fingerprint density at radius 3 is 2.45 bits per heavy atom. The lowest BCUT2D eigenvalue weighted by Gasteiger charge is -2.17. The van der Waals surface area contributed by atoms with Gasteiger partial charge in [0.25, 0.3) is 10.0 Å². The summed E-state index contributed by atoms with van der Waals surface area (Å²) in [7, 11) is -2.06. The van der Waals surface area contributed by atoms with E-state index in [1.807, 2.05) is 13.0 Å². The van der Waals surface area contributed by atoms with E-state index in [9.17, 15) is 13.5 Å². The predicted octanol–water partition coefficient (Wildman–Crippen LogP) is 2.05. The van der Waals surface area contributed by atoms with Crippen LogP contribution in [0.2, 0.25) is 0 Å². The van der Waals surface area contributed by atoms with Crippen LogP contribution in [0.4, 0.5) is 5.69 Å². The van der Waals surface area contributed by atoms with Gasteiger partial charge in [-0.15, -0.1) is 0 Å². The highest BCUT2D eigenvalue weighted by Gasteiger charge is 2.22. The largest absolute Gasteiger partial charge is 0.387 e. The molecule has 0 aliphatic heterocycles. The summed E-state index contributed by atoms with van der Waals surface area (Å²) in [4.78, 5) is 0.0877. The van der Waals surface area contributed by atoms with Crippen molar-refractivity contribution in [2.45, 2.75) is 17.9 Å². The zero-order chi connectivity index (χ0) is 16.2. The first-order valence-electron chi connectivity index (χ1n) is 6.95. The lowest BCUT2D eigenvalue weighted by Crippen LogP contribution is -2.21. The Hall–Kier alpha value is -1.89. The van der Waals surface area contributed by atoms with Crippen molar-refractivity contribution in [3.8, 4) is 0 Å². The number of hydrogen-bond donors (Lipinski definition) is 3. The number of aryl methyl sites for hydroxylation is 1. The fraction of sp³-hybridized carbons (Fsp3) is 0.250. The lowest BCUT2D eigenvalue weighted by atomic mass is 10.1. The summed E-state index contributed by atoms with van der Waals surface area (Å²) >= 11 is 0. The van der Waals surface area contributed by atoms with Crippen LogP contribution in [0.5, 0.6) is 0 Å². The van der Waals surface area contributed by atoms with Crippen LogP contribution >= 0.6 is 0 Å². The molecule has 5 nitrogen and oxygen atoms in total. The third-order valence-corrected chi connectivity index (χ3v) is 4.69. The summed E-state index contributed by atoms with van der Waals surface area (Å²) in [5, 5.41) is 13.0. The van der Waals surface area contributed by atoms with E-state index in [0.717, 1.165) is 5.56 Å². The molecular weight excluding hydrogens is 300 g/mol. The van der Waals surface area contributed by atoms with Crippen molar-refractivity contribution in [3.63, 3.8) is 0 Å². The highest BCUT2D eigenvalue weighted by molar-refractivity contribution is 7.92. The van der Waals surface area contributed by atoms with E-state index < -0.39 is 16.1 Å². The van der Waals surface area contributed by atoms with Gasteiger partial charge >= 0.3 is 0 Å². The smallest absolute Gasteiger partial charge is 0.262 e. The molecule has 0 amide bonds. The third-order valence-electron chi connectivity index (χ3n) is 3.24. The Bertz CT molecular complexity index is 730. The van der Waals surface area contributed by atoms with Gasteiger partial charge in [0.05, 0.1) is 11.0 Å². The van der Waals surface area contributed by atoms with Crippen LogP contribution in [0.3, 0.4) is 0 Å². The van der Waals surface area contributed by atoms with Crippen LogP contribution in [0.1, 0.15) is 17.2 Å². The van der Waals surface area contributed by atoms with Gasteiger partial charge in [0.1, 0.15) is 0 Å². The second-order valence-corrected chi connectivity index (χ2v) is 6.74. The van der Waals surface area contributed by atoms with Gasteiger partial charge < -0.3 is 10.4 Å². The molecule has 3 N–H and O–H groups in total. The van der Waals surface area contributed by atoms with Gasteiger partial charge in [-0.1, -0.05) is 35.9 Å². The molecule has 0 saturated heterocycles. The highest BCUT2D eigenvalue weighted by Crippen LogP contribution is 2.25. The Morgan fingerprint density at radius 2 is 1.82 bits per heavy atom. The average Bonchev–Trinajstić information content (AvgIpc) is 2.47. The molecule has 6 heteroatoms. The van der Waals surface area contributed by atoms with Gasteiger partial charge in [-0.05, 0) is 32.2 Å². The molecule has 118 valence electrons. The van der Waals surface area contributed by atoms with E-state index in [-0.39, 0.29) is 11.4 Å². The predicted molar refractivity (Wildman–Crippen MR) is 87.3 cm³/mol. The maximum absolute atomic E-state index is 12.6. The molecule has 0 aliphatic carbocycles. The highest BCUT2D eigenvalue weighted by atomic mass is 32.2. The molecule has 0 aliphatic rings. The standard InChI is InChI=1S/C16H20N2O3S/c1-12-8-9-16(14(10-12)15(19)11-17-2)22(20,21)18-13-6-4-3-5-7-13/h3-10,15,17-19H,11H2,1-2H3. The molecule has 2 rings (SSSR count). The van der Waals surface area contributed by atoms with Crippen LogP contribution in [0.15, 0.2) is 53.4 Å². The summed E-state index contributed by atoms with van der Waals surface area (Å²) < 4.78 is 27.7. The van der Waals surface area contributed by atoms with Crippen LogP contribution in [-0.4, -0.2) is 27.1 Å². The number of rotatable bonds is 6. The molecule has 0 bridgehead atoms. The van der Waals surface area contributed by atoms with Crippen LogP contribution in [-0.2, 0) is 10.0 Å². The SMILES string of the molecule is CNCC(O)c1cc(C)ccc1S(=O)(=O)Nc1ccccc1. The van der Waals surface area contributed by atoms with Crippen molar-refractivity contribution >= 4 is 15.7 Å². The molecular formula is C16H20N2O3S. The Morgan fingerprint density at radius 1 is 1.14 bits per heavy atom. The minimum Gasteiger partial charge on any atom is -0.387 e. The van der Waals surface area contributed by atoms with Crippen molar-refractivity contribution in [2.24, 2.45) is 0 Å². The summed E-state index contributed by atoms with van der Waals surface area (Å²) in [5.74, 6) is 0. The summed E-state index contributed by atoms with van der Waals surface area (Å²) in [5.41, 5.74) is 1.76. The van der Waals surface area contributed by atoms with Crippen LogP contribution < -0.4 is 10.0 Å². The Balaban J connectivity index is 2.42. The maximum Gasteiger partial charge on any atom is 0.262 e. The second-order valence-electron chi connectivity index (χ2n) is 5.09. The van der Waals surface area contributed by atoms with Gasteiger partial charge in [0, 0.05) is 17.8 Å². The summed E-state index contributed by atoms with van der Waals surface area (Å²) in [6.45, 7) is 2.13. The quantitative estimate of drug-likeness (QED) is 0.761. The summed E-state index contributed by atoms with van der Waals surface area (Å²) in [6.07, 6.45) is -0.896. The number of sulfonamides is 1. The van der Waals surface area contributed by atoms with E-state index in [4.69, 9.17) is 0 Å². The summed E-state index contributed by atoms with van der Waals surface area (Å²) in [6, 6.07) is 13.6. The van der Waals surface area contributed by atoms with Crippen molar-refractivity contribution in [1.82, 2.24) is 5.32 Å². The molecule has 2 aromatic rings. The number of likely N-dealkylation sites (N-methyl/N-ethyl adjacent to an activating group) is 1. The van der Waals surface area contributed by atoms with Crippen molar-refractivity contribution in [3.05, 3.63) is 59.7 Å². The topological polar surface area (TPSA) is 78.4 Å². The molecule has 2 aromatic carbocycles. The third kappa shape index (κ3) is 3.85. The van der Waals surface area contributed by atoms with E-state index in [1.165, 1.54) is 6.07 Å². The molecule has 0 aromatic heterocycles. The monoisotopic (exact) mass is 320 g/mol. The molecule has 0 spiro atoms. The molecule has 22 heavy (non-hydrogen) atoms. The van der Waals surface area contributed by atoms with Gasteiger partial charge in [0.2, 0.25) is 0 Å². The number of anilines is 1. The minimum absolute atomic E-state index is 0.0877. The van der Waals surface area contributed by atoms with E-state index in [1.54, 1.807) is 43.4 Å². The zero-order valence-electron chi connectivity index (χ0n) is 12.6. The first-order chi connectivity index (χ1) is 10.4. The molecule has 0 saturated carbocycles. The first-order valence-corrected chi connectivity index (χ1v) is 8.43. The number of aliphatic hydroxyl groups excluding tert-OH is 1. The lowest BCUT2D eigenvalue weighted by molar-refractivity contribution is 0.174.